The van der Waals surface area contributed by atoms with Gasteiger partial charge < -0.3 is 0 Å². The molecule has 1 atom stereocenters. The summed E-state index contributed by atoms with van der Waals surface area (Å²) in [6.07, 6.45) is 0. The zero-order valence-electron chi connectivity index (χ0n) is 15.9. The molecule has 1 aliphatic heterocycles. The number of carbonyl (C=O) groups excluding carboxylic acids is 1. The molecule has 1 aliphatic rings. The number of azo groups is 1. The molecule has 0 aromatic heterocycles. The van der Waals surface area contributed by atoms with Gasteiger partial charge in [0.1, 0.15) is 15.5 Å². The van der Waals surface area contributed by atoms with Crippen molar-refractivity contribution in [1.82, 2.24) is 0 Å². The molecule has 2 N–H and O–H groups in total. The number of hydrazone groups is 1. The molecule has 0 saturated heterocycles. The molecule has 0 radical (unpaired) electrons. The van der Waals surface area contributed by atoms with Crippen LogP contribution >= 0.6 is 46.4 Å². The first-order chi connectivity index (χ1) is 15.1. The number of carbonyl (C=O) groups is 1. The van der Waals surface area contributed by atoms with Crippen molar-refractivity contribution in [3.63, 3.8) is 0 Å². The fourth-order valence-electron chi connectivity index (χ4n) is 2.66. The summed E-state index contributed by atoms with van der Waals surface area (Å²) in [7, 11) is -9.42. The highest BCUT2D eigenvalue weighted by atomic mass is 35.5. The highest BCUT2D eigenvalue weighted by molar-refractivity contribution is 7.86. The maximum Gasteiger partial charge on any atom is 0.296 e. The molecule has 33 heavy (non-hydrogen) atoms. The van der Waals surface area contributed by atoms with Gasteiger partial charge in [-0.3, -0.25) is 13.9 Å². The molecule has 0 aliphatic carbocycles. The number of nitrogens with zero attached hydrogens (tertiary/aromatic N) is 4. The molecule has 0 spiro atoms. The largest absolute Gasteiger partial charge is 0.296 e. The molecule has 11 nitrogen and oxygen atoms in total. The molecule has 1 heterocycles. The van der Waals surface area contributed by atoms with E-state index in [2.05, 4.69) is 15.3 Å². The second kappa shape index (κ2) is 9.07. The van der Waals surface area contributed by atoms with Gasteiger partial charge in [0.15, 0.2) is 6.04 Å². The lowest BCUT2D eigenvalue weighted by atomic mass is 10.2. The van der Waals surface area contributed by atoms with Crippen molar-refractivity contribution in [2.75, 3.05) is 5.01 Å². The molecule has 176 valence electrons. The third-order valence-corrected chi connectivity index (χ3v) is 7.39. The fraction of sp³-hybridized carbons (Fsp3) is 0.125. The van der Waals surface area contributed by atoms with E-state index in [1.54, 1.807) is 0 Å². The SMILES string of the molecule is CC1=NN(c2cc(Cl)c(S(=O)(=O)O)cc2Cl)C(=O)C1N=Nc1cc(Cl)c(Cl)cc1S(=O)(=O)O. The van der Waals surface area contributed by atoms with Crippen molar-refractivity contribution in [3.8, 4) is 0 Å². The van der Waals surface area contributed by atoms with E-state index in [4.69, 9.17) is 46.4 Å². The molecule has 0 bridgehead atoms. The van der Waals surface area contributed by atoms with E-state index in [0.29, 0.717) is 0 Å². The monoisotopic (exact) mass is 574 g/mol. The third-order valence-electron chi connectivity index (χ3n) is 4.16. The predicted octanol–water partition coefficient (Wildman–Crippen LogP) is 4.67. The van der Waals surface area contributed by atoms with E-state index in [1.165, 1.54) is 6.92 Å². The van der Waals surface area contributed by atoms with Gasteiger partial charge in [-0.25, -0.2) is 0 Å². The number of anilines is 1. The first-order valence-corrected chi connectivity index (χ1v) is 12.7. The minimum atomic E-state index is -4.75. The van der Waals surface area contributed by atoms with Gasteiger partial charge in [-0.15, -0.1) is 0 Å². The highest BCUT2D eigenvalue weighted by Crippen LogP contribution is 2.37. The summed E-state index contributed by atoms with van der Waals surface area (Å²) in [6.45, 7) is 1.42. The van der Waals surface area contributed by atoms with Gasteiger partial charge in [0.25, 0.3) is 26.1 Å². The predicted molar refractivity (Wildman–Crippen MR) is 121 cm³/mol. The summed E-state index contributed by atoms with van der Waals surface area (Å²) >= 11 is 23.6. The van der Waals surface area contributed by atoms with Crippen molar-refractivity contribution in [3.05, 3.63) is 44.4 Å². The Morgan fingerprint density at radius 1 is 0.879 bits per heavy atom. The van der Waals surface area contributed by atoms with E-state index in [0.717, 1.165) is 29.3 Å². The summed E-state index contributed by atoms with van der Waals surface area (Å²) in [5.74, 6) is -0.790. The van der Waals surface area contributed by atoms with Gasteiger partial charge in [-0.2, -0.15) is 37.2 Å². The Balaban J connectivity index is 1.99. The maximum absolute atomic E-state index is 12.9. The number of rotatable bonds is 5. The summed E-state index contributed by atoms with van der Waals surface area (Å²) in [5.41, 5.74) is -0.378. The van der Waals surface area contributed by atoms with Crippen molar-refractivity contribution < 1.29 is 30.7 Å². The van der Waals surface area contributed by atoms with E-state index in [9.17, 15) is 30.7 Å². The Labute approximate surface area is 207 Å². The zero-order chi connectivity index (χ0) is 24.9. The average Bonchev–Trinajstić information content (AvgIpc) is 2.95. The van der Waals surface area contributed by atoms with Crippen molar-refractivity contribution >= 4 is 89.6 Å². The number of amides is 1. The van der Waals surface area contributed by atoms with Gasteiger partial charge in [-0.1, -0.05) is 46.4 Å². The lowest BCUT2D eigenvalue weighted by molar-refractivity contribution is -0.117. The van der Waals surface area contributed by atoms with Gasteiger partial charge >= 0.3 is 0 Å². The molecule has 1 amide bonds. The van der Waals surface area contributed by atoms with Crippen LogP contribution < -0.4 is 5.01 Å². The minimum absolute atomic E-state index is 0.0804. The molecule has 17 heteroatoms. The van der Waals surface area contributed by atoms with Crippen LogP contribution in [0, 0.1) is 0 Å². The number of hydrogen-bond donors (Lipinski definition) is 2. The first-order valence-electron chi connectivity index (χ1n) is 8.34. The maximum atomic E-state index is 12.9. The first kappa shape index (κ1) is 25.8. The van der Waals surface area contributed by atoms with Crippen LogP contribution in [-0.2, 0) is 25.0 Å². The summed E-state index contributed by atoms with van der Waals surface area (Å²) in [5, 5.41) is 11.4. The standard InChI is InChI=1S/C16H10Cl4N4O7S2/c1-6-15(22-21-11-2-7(17)8(18)4-14(11)33(29,30)31)16(25)24(23-6)12-3-10(20)13(5-9(12)19)32(26,27)28/h2-5,15H,1H3,(H,26,27,28)(H,29,30,31). The third kappa shape index (κ3) is 5.30. The Morgan fingerprint density at radius 3 is 2.00 bits per heavy atom. The van der Waals surface area contributed by atoms with Crippen LogP contribution in [0.3, 0.4) is 0 Å². The average molecular weight is 576 g/mol. The van der Waals surface area contributed by atoms with Crippen LogP contribution in [0.15, 0.2) is 49.4 Å². The van der Waals surface area contributed by atoms with Crippen molar-refractivity contribution in [2.45, 2.75) is 22.8 Å². The van der Waals surface area contributed by atoms with Crippen LogP contribution in [0.25, 0.3) is 0 Å². The number of halogens is 4. The van der Waals surface area contributed by atoms with E-state index < -0.39 is 47.0 Å². The Morgan fingerprint density at radius 2 is 1.42 bits per heavy atom. The summed E-state index contributed by atoms with van der Waals surface area (Å²) < 4.78 is 64.5. The second-order valence-corrected chi connectivity index (χ2v) is 10.8. The van der Waals surface area contributed by atoms with Crippen LogP contribution in [0.4, 0.5) is 11.4 Å². The second-order valence-electron chi connectivity index (χ2n) is 6.43. The van der Waals surface area contributed by atoms with E-state index >= 15 is 0 Å². The Hall–Kier alpha value is -1.84. The number of benzene rings is 2. The minimum Gasteiger partial charge on any atom is -0.282 e. The molecular weight excluding hydrogens is 566 g/mol. The molecule has 2 aromatic rings. The Bertz CT molecular complexity index is 1460. The van der Waals surface area contributed by atoms with Gasteiger partial charge in [0, 0.05) is 0 Å². The molecule has 0 fully saturated rings. The van der Waals surface area contributed by atoms with Crippen LogP contribution in [-0.4, -0.2) is 43.6 Å². The highest BCUT2D eigenvalue weighted by Gasteiger charge is 2.36. The van der Waals surface area contributed by atoms with Gasteiger partial charge in [0.05, 0.1) is 31.5 Å². The lowest BCUT2D eigenvalue weighted by Gasteiger charge is -2.15. The summed E-state index contributed by atoms with van der Waals surface area (Å²) in [4.78, 5) is 11.5. The Kier molecular flexibility index (Phi) is 7.09. The van der Waals surface area contributed by atoms with E-state index in [-0.39, 0.29) is 32.2 Å². The van der Waals surface area contributed by atoms with E-state index in [1.807, 2.05) is 0 Å². The quantitative estimate of drug-likeness (QED) is 0.386. The van der Waals surface area contributed by atoms with Crippen LogP contribution in [0.5, 0.6) is 0 Å². The van der Waals surface area contributed by atoms with Crippen molar-refractivity contribution in [1.29, 1.82) is 0 Å². The normalized spacial score (nSPS) is 17.2. The topological polar surface area (TPSA) is 166 Å². The van der Waals surface area contributed by atoms with Gasteiger partial charge in [0.2, 0.25) is 0 Å². The smallest absolute Gasteiger partial charge is 0.282 e. The van der Waals surface area contributed by atoms with Crippen molar-refractivity contribution in [2.24, 2.45) is 15.3 Å². The molecule has 2 aromatic carbocycles. The van der Waals surface area contributed by atoms with Crippen LogP contribution in [0.1, 0.15) is 6.92 Å². The molecule has 0 saturated carbocycles. The molecule has 3 rings (SSSR count). The number of hydrogen-bond acceptors (Lipinski definition) is 8. The molecule has 1 unspecified atom stereocenters. The van der Waals surface area contributed by atoms with Crippen LogP contribution in [0.2, 0.25) is 20.1 Å². The fourth-order valence-corrected chi connectivity index (χ4v) is 5.01. The lowest BCUT2D eigenvalue weighted by Crippen LogP contribution is -2.30. The summed E-state index contributed by atoms with van der Waals surface area (Å²) in [6, 6.07) is 2.43. The molecular formula is C16H10Cl4N4O7S2. The zero-order valence-corrected chi connectivity index (χ0v) is 20.6. The van der Waals surface area contributed by atoms with Gasteiger partial charge in [-0.05, 0) is 31.2 Å².